The fourth-order valence-corrected chi connectivity index (χ4v) is 2.68. The number of ether oxygens (including phenoxy) is 2. The van der Waals surface area contributed by atoms with Crippen molar-refractivity contribution in [2.75, 3.05) is 13.2 Å². The minimum atomic E-state index is -1.11. The number of nitrogens with zero attached hydrogens (tertiary/aromatic N) is 3. The zero-order valence-electron chi connectivity index (χ0n) is 15.5. The smallest absolute Gasteiger partial charge is 0.341 e. The first-order valence-corrected chi connectivity index (χ1v) is 8.64. The molecule has 0 saturated heterocycles. The molecule has 8 nitrogen and oxygen atoms in total. The summed E-state index contributed by atoms with van der Waals surface area (Å²) in [5.41, 5.74) is 0.778. The van der Waals surface area contributed by atoms with Crippen molar-refractivity contribution in [2.45, 2.75) is 13.8 Å². The van der Waals surface area contributed by atoms with Crippen LogP contribution in [0.25, 0.3) is 10.9 Å². The van der Waals surface area contributed by atoms with Crippen molar-refractivity contribution < 1.29 is 19.4 Å². The maximum atomic E-state index is 12.7. The second-order valence-corrected chi connectivity index (χ2v) is 5.83. The van der Waals surface area contributed by atoms with Crippen LogP contribution < -0.4 is 15.0 Å². The molecule has 0 bridgehead atoms. The van der Waals surface area contributed by atoms with E-state index >= 15 is 0 Å². The number of hydrogen-bond donors (Lipinski definition) is 1. The van der Waals surface area contributed by atoms with Gasteiger partial charge < -0.3 is 14.6 Å². The monoisotopic (exact) mass is 381 g/mol. The first-order valence-electron chi connectivity index (χ1n) is 8.64. The van der Waals surface area contributed by atoms with E-state index in [4.69, 9.17) is 14.6 Å². The summed E-state index contributed by atoms with van der Waals surface area (Å²) in [5, 5.41) is 13.6. The topological polar surface area (TPSA) is 103 Å². The standard InChI is InChI=1S/C20H19N3O5/c1-3-27-17-10-6-7-14(19(17)28-12-18(24)25)11-21-23-13(2)22-16-9-5-4-8-15(16)20(23)26/h4-11H,3,12H2,1-2H3,(H,24,25)/b21-11-. The van der Waals surface area contributed by atoms with Crippen molar-refractivity contribution in [1.29, 1.82) is 0 Å². The predicted molar refractivity (Wildman–Crippen MR) is 104 cm³/mol. The molecule has 1 heterocycles. The van der Waals surface area contributed by atoms with E-state index in [1.54, 1.807) is 43.3 Å². The Kier molecular flexibility index (Phi) is 5.69. The van der Waals surface area contributed by atoms with Crippen molar-refractivity contribution in [3.8, 4) is 11.5 Å². The number of hydrogen-bond acceptors (Lipinski definition) is 6. The van der Waals surface area contributed by atoms with Crippen molar-refractivity contribution in [2.24, 2.45) is 5.10 Å². The second-order valence-electron chi connectivity index (χ2n) is 5.83. The normalized spacial score (nSPS) is 11.1. The molecule has 0 radical (unpaired) electrons. The first-order chi connectivity index (χ1) is 13.5. The van der Waals surface area contributed by atoms with Gasteiger partial charge in [0.15, 0.2) is 18.1 Å². The van der Waals surface area contributed by atoms with Gasteiger partial charge in [-0.25, -0.2) is 9.78 Å². The molecule has 0 aliphatic carbocycles. The van der Waals surface area contributed by atoms with E-state index in [1.165, 1.54) is 10.9 Å². The molecule has 3 aromatic rings. The summed E-state index contributed by atoms with van der Waals surface area (Å²) in [4.78, 5) is 28.0. The van der Waals surface area contributed by atoms with Crippen LogP contribution in [0.3, 0.4) is 0 Å². The van der Waals surface area contributed by atoms with Crippen LogP contribution in [-0.4, -0.2) is 40.2 Å². The molecule has 0 aliphatic rings. The SMILES string of the molecule is CCOc1cccc(/C=N\n2c(C)nc3ccccc3c2=O)c1OCC(=O)O. The molecule has 0 unspecified atom stereocenters. The number of benzene rings is 2. The van der Waals surface area contributed by atoms with Gasteiger partial charge in [0.05, 0.1) is 23.7 Å². The molecular weight excluding hydrogens is 362 g/mol. The van der Waals surface area contributed by atoms with E-state index in [1.807, 2.05) is 13.0 Å². The van der Waals surface area contributed by atoms with Crippen LogP contribution in [0.2, 0.25) is 0 Å². The summed E-state index contributed by atoms with van der Waals surface area (Å²) >= 11 is 0. The number of aryl methyl sites for hydroxylation is 1. The Bertz CT molecular complexity index is 1100. The third-order valence-electron chi connectivity index (χ3n) is 3.88. The van der Waals surface area contributed by atoms with Crippen LogP contribution in [0.1, 0.15) is 18.3 Å². The van der Waals surface area contributed by atoms with Gasteiger partial charge in [-0.3, -0.25) is 4.79 Å². The van der Waals surface area contributed by atoms with Gasteiger partial charge in [-0.2, -0.15) is 9.78 Å². The number of aromatic nitrogens is 2. The Morgan fingerprint density at radius 2 is 2.00 bits per heavy atom. The van der Waals surface area contributed by atoms with Gasteiger partial charge in [0.2, 0.25) is 0 Å². The first kappa shape index (κ1) is 19.1. The van der Waals surface area contributed by atoms with Crippen molar-refractivity contribution in [3.05, 3.63) is 64.2 Å². The summed E-state index contributed by atoms with van der Waals surface area (Å²) in [6.07, 6.45) is 1.42. The Morgan fingerprint density at radius 3 is 2.75 bits per heavy atom. The average molecular weight is 381 g/mol. The van der Waals surface area contributed by atoms with Gasteiger partial charge >= 0.3 is 5.97 Å². The molecule has 0 aliphatic heterocycles. The van der Waals surface area contributed by atoms with E-state index in [-0.39, 0.29) is 11.3 Å². The Labute approximate surface area is 160 Å². The third-order valence-corrected chi connectivity index (χ3v) is 3.88. The second kappa shape index (κ2) is 8.34. The molecule has 0 fully saturated rings. The molecule has 0 spiro atoms. The lowest BCUT2D eigenvalue weighted by Crippen LogP contribution is -2.20. The number of fused-ring (bicyclic) bond motifs is 1. The molecule has 2 aromatic carbocycles. The molecule has 0 saturated carbocycles. The van der Waals surface area contributed by atoms with E-state index in [2.05, 4.69) is 10.1 Å². The van der Waals surface area contributed by atoms with Crippen molar-refractivity contribution >= 4 is 23.1 Å². The average Bonchev–Trinajstić information content (AvgIpc) is 2.67. The maximum Gasteiger partial charge on any atom is 0.341 e. The Hall–Kier alpha value is -3.68. The Morgan fingerprint density at radius 1 is 1.21 bits per heavy atom. The molecule has 28 heavy (non-hydrogen) atoms. The number of aliphatic carboxylic acids is 1. The quantitative estimate of drug-likeness (QED) is 0.631. The minimum Gasteiger partial charge on any atom is -0.490 e. The summed E-state index contributed by atoms with van der Waals surface area (Å²) in [5.74, 6) is -0.0442. The van der Waals surface area contributed by atoms with E-state index in [9.17, 15) is 9.59 Å². The third kappa shape index (κ3) is 4.01. The van der Waals surface area contributed by atoms with Gasteiger partial charge in [-0.05, 0) is 38.1 Å². The molecule has 0 amide bonds. The van der Waals surface area contributed by atoms with Crippen LogP contribution in [0.15, 0.2) is 52.4 Å². The van der Waals surface area contributed by atoms with Gasteiger partial charge in [0.1, 0.15) is 5.82 Å². The lowest BCUT2D eigenvalue weighted by Gasteiger charge is -2.13. The van der Waals surface area contributed by atoms with Crippen molar-refractivity contribution in [1.82, 2.24) is 9.66 Å². The highest BCUT2D eigenvalue weighted by atomic mass is 16.5. The van der Waals surface area contributed by atoms with Crippen LogP contribution in [-0.2, 0) is 4.79 Å². The molecule has 3 rings (SSSR count). The molecule has 8 heteroatoms. The van der Waals surface area contributed by atoms with Gasteiger partial charge in [-0.15, -0.1) is 0 Å². The molecule has 1 aromatic heterocycles. The highest BCUT2D eigenvalue weighted by Crippen LogP contribution is 2.30. The lowest BCUT2D eigenvalue weighted by molar-refractivity contribution is -0.139. The molecular formula is C20H19N3O5. The van der Waals surface area contributed by atoms with Gasteiger partial charge in [0.25, 0.3) is 5.56 Å². The number of carboxylic acids is 1. The van der Waals surface area contributed by atoms with Crippen LogP contribution in [0.4, 0.5) is 0 Å². The van der Waals surface area contributed by atoms with Gasteiger partial charge in [-0.1, -0.05) is 18.2 Å². The fourth-order valence-electron chi connectivity index (χ4n) is 2.68. The Balaban J connectivity index is 2.05. The van der Waals surface area contributed by atoms with Gasteiger partial charge in [0, 0.05) is 5.56 Å². The number of carboxylic acid groups (broad SMARTS) is 1. The molecule has 0 atom stereocenters. The molecule has 1 N–H and O–H groups in total. The highest BCUT2D eigenvalue weighted by molar-refractivity contribution is 5.85. The predicted octanol–water partition coefficient (Wildman–Crippen LogP) is 2.45. The number of rotatable bonds is 7. The van der Waals surface area contributed by atoms with E-state index in [0.717, 1.165) is 0 Å². The number of carbonyl (C=O) groups is 1. The summed E-state index contributed by atoms with van der Waals surface area (Å²) in [7, 11) is 0. The van der Waals surface area contributed by atoms with Crippen LogP contribution in [0.5, 0.6) is 11.5 Å². The van der Waals surface area contributed by atoms with E-state index < -0.39 is 12.6 Å². The van der Waals surface area contributed by atoms with Crippen LogP contribution in [0, 0.1) is 6.92 Å². The molecule has 144 valence electrons. The summed E-state index contributed by atoms with van der Waals surface area (Å²) in [6, 6.07) is 12.1. The summed E-state index contributed by atoms with van der Waals surface area (Å²) in [6.45, 7) is 3.35. The zero-order valence-corrected chi connectivity index (χ0v) is 15.5. The van der Waals surface area contributed by atoms with Crippen LogP contribution >= 0.6 is 0 Å². The lowest BCUT2D eigenvalue weighted by atomic mass is 10.2. The maximum absolute atomic E-state index is 12.7. The largest absolute Gasteiger partial charge is 0.490 e. The minimum absolute atomic E-state index is 0.245. The highest BCUT2D eigenvalue weighted by Gasteiger charge is 2.12. The van der Waals surface area contributed by atoms with Crippen molar-refractivity contribution in [3.63, 3.8) is 0 Å². The summed E-state index contributed by atoms with van der Waals surface area (Å²) < 4.78 is 12.1. The fraction of sp³-hybridized carbons (Fsp3) is 0.200. The zero-order chi connectivity index (χ0) is 20.1. The van der Waals surface area contributed by atoms with E-state index in [0.29, 0.717) is 34.6 Å². The number of para-hydroxylation sites is 2.